The summed E-state index contributed by atoms with van der Waals surface area (Å²) >= 11 is 0. The molecule has 0 spiro atoms. The minimum atomic E-state index is -0.0891. The highest BCUT2D eigenvalue weighted by molar-refractivity contribution is 5.94. The molecule has 1 aliphatic heterocycles. The first-order valence-corrected chi connectivity index (χ1v) is 5.71. The van der Waals surface area contributed by atoms with E-state index in [0.29, 0.717) is 18.3 Å². The number of hydrogen-bond donors (Lipinski definition) is 1. The Balaban J connectivity index is 1.66. The Labute approximate surface area is 95.0 Å². The molecular formula is C12H17NO3. The maximum Gasteiger partial charge on any atom is 0.223 e. The van der Waals surface area contributed by atoms with Crippen LogP contribution in [-0.4, -0.2) is 32.1 Å². The molecule has 0 radical (unpaired) electrons. The predicted octanol–water partition coefficient (Wildman–Crippen LogP) is 1.48. The van der Waals surface area contributed by atoms with Crippen LogP contribution in [0.4, 0.5) is 0 Å². The minimum absolute atomic E-state index is 0.0891. The van der Waals surface area contributed by atoms with Gasteiger partial charge in [0.2, 0.25) is 5.78 Å². The lowest BCUT2D eigenvalue weighted by atomic mass is 10.0. The molecule has 1 atom stereocenters. The SMILES string of the molecule is O=C(COC[C@H]1CCCNC1)c1ccco1. The fourth-order valence-electron chi connectivity index (χ4n) is 1.89. The standard InChI is InChI=1S/C12H17NO3/c14-11(12-4-2-6-16-12)9-15-8-10-3-1-5-13-7-10/h2,4,6,10,13H,1,3,5,7-9H2/t10-/m0/s1. The fraction of sp³-hybridized carbons (Fsp3) is 0.583. The molecule has 0 aromatic carbocycles. The van der Waals surface area contributed by atoms with Crippen LogP contribution < -0.4 is 5.32 Å². The quantitative estimate of drug-likeness (QED) is 0.768. The molecule has 1 aromatic rings. The van der Waals surface area contributed by atoms with Crippen LogP contribution in [0.3, 0.4) is 0 Å². The van der Waals surface area contributed by atoms with E-state index in [1.165, 1.54) is 19.1 Å². The van der Waals surface area contributed by atoms with Crippen LogP contribution in [0, 0.1) is 5.92 Å². The molecule has 0 aliphatic carbocycles. The summed E-state index contributed by atoms with van der Waals surface area (Å²) in [5.41, 5.74) is 0. The Morgan fingerprint density at radius 3 is 3.25 bits per heavy atom. The van der Waals surface area contributed by atoms with Crippen LogP contribution in [0.15, 0.2) is 22.8 Å². The van der Waals surface area contributed by atoms with Gasteiger partial charge in [-0.05, 0) is 37.4 Å². The largest absolute Gasteiger partial charge is 0.461 e. The van der Waals surface area contributed by atoms with Crippen molar-refractivity contribution in [1.82, 2.24) is 5.32 Å². The van der Waals surface area contributed by atoms with Gasteiger partial charge in [0.05, 0.1) is 12.9 Å². The monoisotopic (exact) mass is 223 g/mol. The minimum Gasteiger partial charge on any atom is -0.461 e. The summed E-state index contributed by atoms with van der Waals surface area (Å²) in [5.74, 6) is 0.827. The molecule has 16 heavy (non-hydrogen) atoms. The van der Waals surface area contributed by atoms with Gasteiger partial charge in [0.25, 0.3) is 0 Å². The predicted molar refractivity (Wildman–Crippen MR) is 59.5 cm³/mol. The second-order valence-electron chi connectivity index (χ2n) is 4.13. The van der Waals surface area contributed by atoms with E-state index in [0.717, 1.165) is 13.1 Å². The summed E-state index contributed by atoms with van der Waals surface area (Å²) in [4.78, 5) is 11.5. The Kier molecular flexibility index (Phi) is 4.13. The molecule has 1 N–H and O–H groups in total. The highest BCUT2D eigenvalue weighted by Gasteiger charge is 2.14. The topological polar surface area (TPSA) is 51.5 Å². The van der Waals surface area contributed by atoms with Crippen molar-refractivity contribution in [2.24, 2.45) is 5.92 Å². The highest BCUT2D eigenvalue weighted by atomic mass is 16.5. The van der Waals surface area contributed by atoms with Gasteiger partial charge >= 0.3 is 0 Å². The van der Waals surface area contributed by atoms with E-state index in [9.17, 15) is 4.79 Å². The molecule has 1 aliphatic rings. The van der Waals surface area contributed by atoms with Crippen molar-refractivity contribution in [2.75, 3.05) is 26.3 Å². The average Bonchev–Trinajstić information content (AvgIpc) is 2.84. The fourth-order valence-corrected chi connectivity index (χ4v) is 1.89. The van der Waals surface area contributed by atoms with Crippen molar-refractivity contribution < 1.29 is 13.9 Å². The van der Waals surface area contributed by atoms with Crippen LogP contribution in [0.5, 0.6) is 0 Å². The van der Waals surface area contributed by atoms with Gasteiger partial charge in [-0.3, -0.25) is 4.79 Å². The van der Waals surface area contributed by atoms with Gasteiger partial charge in [-0.15, -0.1) is 0 Å². The van der Waals surface area contributed by atoms with Gasteiger partial charge in [0.15, 0.2) is 5.76 Å². The molecular weight excluding hydrogens is 206 g/mol. The summed E-state index contributed by atoms with van der Waals surface area (Å²) in [6.45, 7) is 2.86. The van der Waals surface area contributed by atoms with Crippen molar-refractivity contribution in [3.63, 3.8) is 0 Å². The number of ether oxygens (including phenoxy) is 1. The first kappa shape index (κ1) is 11.4. The second kappa shape index (κ2) is 5.82. The number of ketones is 1. The van der Waals surface area contributed by atoms with Crippen molar-refractivity contribution in [1.29, 1.82) is 0 Å². The number of piperidine rings is 1. The molecule has 1 fully saturated rings. The van der Waals surface area contributed by atoms with Gasteiger partial charge in [0, 0.05) is 6.54 Å². The number of nitrogens with one attached hydrogen (secondary N) is 1. The summed E-state index contributed by atoms with van der Waals surface area (Å²) in [6, 6.07) is 3.37. The van der Waals surface area contributed by atoms with Gasteiger partial charge in [0.1, 0.15) is 6.61 Å². The van der Waals surface area contributed by atoms with Crippen molar-refractivity contribution >= 4 is 5.78 Å². The summed E-state index contributed by atoms with van der Waals surface area (Å²) in [5, 5.41) is 3.32. The van der Waals surface area contributed by atoms with Gasteiger partial charge < -0.3 is 14.5 Å². The van der Waals surface area contributed by atoms with E-state index in [1.54, 1.807) is 12.1 Å². The Morgan fingerprint density at radius 2 is 2.56 bits per heavy atom. The molecule has 0 amide bonds. The van der Waals surface area contributed by atoms with E-state index >= 15 is 0 Å². The Morgan fingerprint density at radius 1 is 1.62 bits per heavy atom. The third kappa shape index (κ3) is 3.18. The third-order valence-electron chi connectivity index (χ3n) is 2.78. The lowest BCUT2D eigenvalue weighted by molar-refractivity contribution is 0.0623. The molecule has 1 saturated heterocycles. The molecule has 4 nitrogen and oxygen atoms in total. The van der Waals surface area contributed by atoms with Crippen molar-refractivity contribution in [3.05, 3.63) is 24.2 Å². The van der Waals surface area contributed by atoms with Crippen LogP contribution in [0.25, 0.3) is 0 Å². The van der Waals surface area contributed by atoms with Crippen LogP contribution >= 0.6 is 0 Å². The maximum atomic E-state index is 11.5. The molecule has 2 heterocycles. The summed E-state index contributed by atoms with van der Waals surface area (Å²) in [6.07, 6.45) is 3.88. The van der Waals surface area contributed by atoms with Gasteiger partial charge in [-0.2, -0.15) is 0 Å². The lowest BCUT2D eigenvalue weighted by Gasteiger charge is -2.22. The number of rotatable bonds is 5. The van der Waals surface area contributed by atoms with Crippen LogP contribution in [0.2, 0.25) is 0 Å². The average molecular weight is 223 g/mol. The van der Waals surface area contributed by atoms with E-state index in [1.807, 2.05) is 0 Å². The zero-order valence-electron chi connectivity index (χ0n) is 9.28. The molecule has 1 aromatic heterocycles. The van der Waals surface area contributed by atoms with Crippen molar-refractivity contribution in [2.45, 2.75) is 12.8 Å². The Hall–Kier alpha value is -1.13. The number of hydrogen-bond acceptors (Lipinski definition) is 4. The van der Waals surface area contributed by atoms with Crippen LogP contribution in [0.1, 0.15) is 23.4 Å². The van der Waals surface area contributed by atoms with Crippen molar-refractivity contribution in [3.8, 4) is 0 Å². The van der Waals surface area contributed by atoms with Gasteiger partial charge in [-0.25, -0.2) is 0 Å². The van der Waals surface area contributed by atoms with Crippen LogP contribution in [-0.2, 0) is 4.74 Å². The van der Waals surface area contributed by atoms with E-state index < -0.39 is 0 Å². The zero-order valence-corrected chi connectivity index (χ0v) is 9.28. The smallest absolute Gasteiger partial charge is 0.223 e. The number of furan rings is 1. The number of Topliss-reactive ketones (excluding diaryl/α,β-unsaturated/α-hetero) is 1. The summed E-state index contributed by atoms with van der Waals surface area (Å²) in [7, 11) is 0. The molecule has 0 saturated carbocycles. The molecule has 0 unspecified atom stereocenters. The van der Waals surface area contributed by atoms with Gasteiger partial charge in [-0.1, -0.05) is 0 Å². The van der Waals surface area contributed by atoms with E-state index in [4.69, 9.17) is 9.15 Å². The normalized spacial score (nSPS) is 20.9. The van der Waals surface area contributed by atoms with E-state index in [2.05, 4.69) is 5.32 Å². The second-order valence-corrected chi connectivity index (χ2v) is 4.13. The maximum absolute atomic E-state index is 11.5. The third-order valence-corrected chi connectivity index (χ3v) is 2.78. The lowest BCUT2D eigenvalue weighted by Crippen LogP contribution is -2.32. The number of carbonyl (C=O) groups is 1. The molecule has 2 rings (SSSR count). The molecule has 0 bridgehead atoms. The Bertz CT molecular complexity index is 315. The molecule has 88 valence electrons. The molecule has 4 heteroatoms. The zero-order chi connectivity index (χ0) is 11.2. The first-order valence-electron chi connectivity index (χ1n) is 5.71. The highest BCUT2D eigenvalue weighted by Crippen LogP contribution is 2.10. The van der Waals surface area contributed by atoms with E-state index in [-0.39, 0.29) is 12.4 Å². The first-order chi connectivity index (χ1) is 7.86. The number of carbonyl (C=O) groups excluding carboxylic acids is 1. The summed E-state index contributed by atoms with van der Waals surface area (Å²) < 4.78 is 10.4.